The van der Waals surface area contributed by atoms with Crippen LogP contribution in [0.25, 0.3) is 0 Å². The van der Waals surface area contributed by atoms with Gasteiger partial charge in [0.2, 0.25) is 0 Å². The fourth-order valence-corrected chi connectivity index (χ4v) is 2.26. The zero-order chi connectivity index (χ0) is 13.6. The lowest BCUT2D eigenvalue weighted by Gasteiger charge is -2.17. The maximum Gasteiger partial charge on any atom is 0.0864 e. The SMILES string of the molecule is CCCCCCn1nnc(CC(C)(C)C)c1CC. The van der Waals surface area contributed by atoms with Crippen molar-refractivity contribution >= 4 is 0 Å². The first-order valence-electron chi connectivity index (χ1n) is 7.39. The highest BCUT2D eigenvalue weighted by Crippen LogP contribution is 2.22. The van der Waals surface area contributed by atoms with Crippen LogP contribution in [-0.4, -0.2) is 15.0 Å². The van der Waals surface area contributed by atoms with Crippen LogP contribution >= 0.6 is 0 Å². The van der Waals surface area contributed by atoms with Crippen molar-refractivity contribution in [1.82, 2.24) is 15.0 Å². The van der Waals surface area contributed by atoms with Crippen LogP contribution in [0.15, 0.2) is 0 Å². The van der Waals surface area contributed by atoms with Crippen molar-refractivity contribution in [3.8, 4) is 0 Å². The second-order valence-corrected chi connectivity index (χ2v) is 6.36. The summed E-state index contributed by atoms with van der Waals surface area (Å²) in [5.74, 6) is 0. The highest BCUT2D eigenvalue weighted by molar-refractivity contribution is 5.11. The first kappa shape index (κ1) is 15.2. The fourth-order valence-electron chi connectivity index (χ4n) is 2.26. The Balaban J connectivity index is 2.63. The molecule has 0 saturated carbocycles. The third kappa shape index (κ3) is 4.79. The van der Waals surface area contributed by atoms with E-state index in [-0.39, 0.29) is 5.41 Å². The fraction of sp³-hybridized carbons (Fsp3) is 0.867. The summed E-state index contributed by atoms with van der Waals surface area (Å²) in [6.45, 7) is 12.2. The lowest BCUT2D eigenvalue weighted by molar-refractivity contribution is 0.404. The molecule has 0 N–H and O–H groups in total. The molecule has 3 heteroatoms. The number of unbranched alkanes of at least 4 members (excludes halogenated alkanes) is 3. The van der Waals surface area contributed by atoms with Crippen LogP contribution in [0.2, 0.25) is 0 Å². The molecule has 3 nitrogen and oxygen atoms in total. The van der Waals surface area contributed by atoms with Gasteiger partial charge < -0.3 is 0 Å². The second-order valence-electron chi connectivity index (χ2n) is 6.36. The third-order valence-electron chi connectivity index (χ3n) is 3.17. The molecule has 0 amide bonds. The van der Waals surface area contributed by atoms with Gasteiger partial charge in [-0.1, -0.05) is 59.1 Å². The molecule has 0 fully saturated rings. The van der Waals surface area contributed by atoms with Gasteiger partial charge in [-0.05, 0) is 24.7 Å². The molecular weight excluding hydrogens is 222 g/mol. The van der Waals surface area contributed by atoms with Crippen LogP contribution in [0, 0.1) is 5.41 Å². The largest absolute Gasteiger partial charge is 0.249 e. The molecule has 0 radical (unpaired) electrons. The summed E-state index contributed by atoms with van der Waals surface area (Å²) in [6.07, 6.45) is 7.18. The van der Waals surface area contributed by atoms with E-state index in [1.165, 1.54) is 37.1 Å². The van der Waals surface area contributed by atoms with Crippen molar-refractivity contribution in [2.75, 3.05) is 0 Å². The minimum Gasteiger partial charge on any atom is -0.249 e. The summed E-state index contributed by atoms with van der Waals surface area (Å²) < 4.78 is 2.12. The summed E-state index contributed by atoms with van der Waals surface area (Å²) in [4.78, 5) is 0. The third-order valence-corrected chi connectivity index (χ3v) is 3.17. The van der Waals surface area contributed by atoms with Crippen molar-refractivity contribution in [3.63, 3.8) is 0 Å². The standard InChI is InChI=1S/C15H29N3/c1-6-8-9-10-11-18-14(7-2)13(16-17-18)12-15(3,4)5/h6-12H2,1-5H3. The Labute approximate surface area is 112 Å². The lowest BCUT2D eigenvalue weighted by Crippen LogP contribution is -2.12. The van der Waals surface area contributed by atoms with Gasteiger partial charge in [0.25, 0.3) is 0 Å². The molecule has 0 atom stereocenters. The summed E-state index contributed by atoms with van der Waals surface area (Å²) in [5, 5.41) is 8.72. The zero-order valence-electron chi connectivity index (χ0n) is 12.8. The van der Waals surface area contributed by atoms with Gasteiger partial charge in [-0.15, -0.1) is 5.10 Å². The van der Waals surface area contributed by atoms with E-state index in [2.05, 4.69) is 49.6 Å². The van der Waals surface area contributed by atoms with E-state index >= 15 is 0 Å². The van der Waals surface area contributed by atoms with Crippen LogP contribution in [0.3, 0.4) is 0 Å². The molecule has 0 saturated heterocycles. The summed E-state index contributed by atoms with van der Waals surface area (Å²) in [7, 11) is 0. The maximum atomic E-state index is 4.38. The van der Waals surface area contributed by atoms with E-state index in [0.29, 0.717) is 0 Å². The van der Waals surface area contributed by atoms with Gasteiger partial charge in [0, 0.05) is 6.54 Å². The zero-order valence-corrected chi connectivity index (χ0v) is 12.8. The maximum absolute atomic E-state index is 4.38. The first-order valence-corrected chi connectivity index (χ1v) is 7.39. The van der Waals surface area contributed by atoms with Crippen molar-refractivity contribution < 1.29 is 0 Å². The van der Waals surface area contributed by atoms with Crippen LogP contribution in [0.5, 0.6) is 0 Å². The Morgan fingerprint density at radius 3 is 2.33 bits per heavy atom. The van der Waals surface area contributed by atoms with Crippen LogP contribution in [0.1, 0.15) is 71.7 Å². The first-order chi connectivity index (χ1) is 8.48. The number of hydrogen-bond acceptors (Lipinski definition) is 2. The quantitative estimate of drug-likeness (QED) is 0.686. The minimum atomic E-state index is 0.285. The van der Waals surface area contributed by atoms with Gasteiger partial charge in [-0.2, -0.15) is 0 Å². The molecule has 0 unspecified atom stereocenters. The van der Waals surface area contributed by atoms with E-state index < -0.39 is 0 Å². The van der Waals surface area contributed by atoms with E-state index in [4.69, 9.17) is 0 Å². The van der Waals surface area contributed by atoms with Gasteiger partial charge >= 0.3 is 0 Å². The Hall–Kier alpha value is -0.860. The normalized spacial score (nSPS) is 12.1. The molecular formula is C15H29N3. The molecule has 0 aliphatic rings. The average molecular weight is 251 g/mol. The van der Waals surface area contributed by atoms with Crippen molar-refractivity contribution in [1.29, 1.82) is 0 Å². The highest BCUT2D eigenvalue weighted by Gasteiger charge is 2.18. The molecule has 18 heavy (non-hydrogen) atoms. The van der Waals surface area contributed by atoms with Crippen LogP contribution < -0.4 is 0 Å². The molecule has 0 spiro atoms. The van der Waals surface area contributed by atoms with E-state index in [1.54, 1.807) is 0 Å². The van der Waals surface area contributed by atoms with Crippen LogP contribution in [-0.2, 0) is 19.4 Å². The smallest absolute Gasteiger partial charge is 0.0864 e. The van der Waals surface area contributed by atoms with Gasteiger partial charge in [0.15, 0.2) is 0 Å². The number of nitrogens with zero attached hydrogens (tertiary/aromatic N) is 3. The van der Waals surface area contributed by atoms with Crippen molar-refractivity contribution in [2.45, 2.75) is 79.7 Å². The number of rotatable bonds is 7. The molecule has 0 aromatic carbocycles. The predicted octanol–water partition coefficient (Wildman–Crippen LogP) is 4.01. The van der Waals surface area contributed by atoms with Crippen molar-refractivity contribution in [3.05, 3.63) is 11.4 Å². The molecule has 0 bridgehead atoms. The van der Waals surface area contributed by atoms with Gasteiger partial charge in [0.05, 0.1) is 11.4 Å². The highest BCUT2D eigenvalue weighted by atomic mass is 15.4. The van der Waals surface area contributed by atoms with Crippen molar-refractivity contribution in [2.24, 2.45) is 5.41 Å². The Bertz CT molecular complexity index is 347. The minimum absolute atomic E-state index is 0.285. The van der Waals surface area contributed by atoms with Gasteiger partial charge in [-0.3, -0.25) is 0 Å². The van der Waals surface area contributed by atoms with E-state index in [1.807, 2.05) is 0 Å². The van der Waals surface area contributed by atoms with E-state index in [0.717, 1.165) is 19.4 Å². The Kier molecular flexibility index (Phi) is 5.83. The molecule has 0 aliphatic heterocycles. The van der Waals surface area contributed by atoms with E-state index in [9.17, 15) is 0 Å². The molecule has 104 valence electrons. The summed E-state index contributed by atoms with van der Waals surface area (Å²) in [6, 6.07) is 0. The van der Waals surface area contributed by atoms with Gasteiger partial charge in [-0.25, -0.2) is 4.68 Å². The van der Waals surface area contributed by atoms with Crippen LogP contribution in [0.4, 0.5) is 0 Å². The molecule has 1 aromatic rings. The molecule has 0 aliphatic carbocycles. The summed E-state index contributed by atoms with van der Waals surface area (Å²) in [5.41, 5.74) is 2.81. The second kappa shape index (κ2) is 6.91. The Morgan fingerprint density at radius 2 is 1.78 bits per heavy atom. The summed E-state index contributed by atoms with van der Waals surface area (Å²) >= 11 is 0. The topological polar surface area (TPSA) is 30.7 Å². The van der Waals surface area contributed by atoms with Gasteiger partial charge in [0.1, 0.15) is 0 Å². The number of aryl methyl sites for hydroxylation is 1. The Morgan fingerprint density at radius 1 is 1.06 bits per heavy atom. The predicted molar refractivity (Wildman–Crippen MR) is 76.7 cm³/mol. The monoisotopic (exact) mass is 251 g/mol. The lowest BCUT2D eigenvalue weighted by atomic mass is 9.89. The molecule has 1 aromatic heterocycles. The average Bonchev–Trinajstić information content (AvgIpc) is 2.64. The molecule has 1 heterocycles. The number of aromatic nitrogens is 3. The number of hydrogen-bond donors (Lipinski definition) is 0. The molecule has 1 rings (SSSR count).